The van der Waals surface area contributed by atoms with Gasteiger partial charge in [-0.05, 0) is 30.4 Å². The number of hydrogen-bond donors (Lipinski definition) is 1. The minimum atomic E-state index is -0.00248. The second kappa shape index (κ2) is 9.75. The van der Waals surface area contributed by atoms with Crippen LogP contribution in [0.2, 0.25) is 0 Å². The van der Waals surface area contributed by atoms with Gasteiger partial charge in [-0.1, -0.05) is 37.5 Å². The molecule has 0 bridgehead atoms. The van der Waals surface area contributed by atoms with Crippen LogP contribution in [0.25, 0.3) is 10.9 Å². The Kier molecular flexibility index (Phi) is 6.85. The average molecular weight is 411 g/mol. The van der Waals surface area contributed by atoms with E-state index in [-0.39, 0.29) is 17.4 Å². The highest BCUT2D eigenvalue weighted by Gasteiger charge is 2.27. The zero-order chi connectivity index (χ0) is 20.9. The molecule has 2 aliphatic rings. The standard InChI is InChI=1S/C24H34N4O2/c1-26-22-10-6-5-9-20(22)17-21(23(26)29)18-28(16-15-27-13-11-25-12-14-27)24(30)19-7-3-2-4-8-19/h5-6,9-10,17,19,25H,2-4,7-8,11-16,18H2,1H3. The highest BCUT2D eigenvalue weighted by Crippen LogP contribution is 2.26. The van der Waals surface area contributed by atoms with Crippen LogP contribution in [0.5, 0.6) is 0 Å². The van der Waals surface area contributed by atoms with Crippen molar-refractivity contribution in [1.29, 1.82) is 0 Å². The molecule has 2 heterocycles. The number of fused-ring (bicyclic) bond motifs is 1. The van der Waals surface area contributed by atoms with Crippen molar-refractivity contribution in [2.45, 2.75) is 38.6 Å². The topological polar surface area (TPSA) is 57.6 Å². The van der Waals surface area contributed by atoms with E-state index in [1.807, 2.05) is 42.3 Å². The molecule has 2 fully saturated rings. The van der Waals surface area contributed by atoms with Gasteiger partial charge < -0.3 is 14.8 Å². The van der Waals surface area contributed by atoms with E-state index in [0.717, 1.165) is 69.3 Å². The van der Waals surface area contributed by atoms with E-state index >= 15 is 0 Å². The van der Waals surface area contributed by atoms with Crippen molar-refractivity contribution in [1.82, 2.24) is 19.7 Å². The summed E-state index contributed by atoms with van der Waals surface area (Å²) in [7, 11) is 1.82. The summed E-state index contributed by atoms with van der Waals surface area (Å²) < 4.78 is 1.71. The molecule has 1 amide bonds. The van der Waals surface area contributed by atoms with Crippen molar-refractivity contribution < 1.29 is 4.79 Å². The lowest BCUT2D eigenvalue weighted by Gasteiger charge is -2.33. The van der Waals surface area contributed by atoms with Gasteiger partial charge in [0.25, 0.3) is 5.56 Å². The van der Waals surface area contributed by atoms with E-state index in [0.29, 0.717) is 18.7 Å². The number of carbonyl (C=O) groups is 1. The molecule has 1 aromatic carbocycles. The van der Waals surface area contributed by atoms with Crippen LogP contribution in [0.4, 0.5) is 0 Å². The van der Waals surface area contributed by atoms with Crippen LogP contribution >= 0.6 is 0 Å². The molecule has 6 heteroatoms. The third-order valence-corrected chi connectivity index (χ3v) is 6.73. The number of benzene rings is 1. The van der Waals surface area contributed by atoms with Gasteiger partial charge in [-0.2, -0.15) is 0 Å². The third kappa shape index (κ3) is 4.76. The molecule has 1 aliphatic carbocycles. The second-order valence-electron chi connectivity index (χ2n) is 8.78. The van der Waals surface area contributed by atoms with Crippen molar-refractivity contribution >= 4 is 16.8 Å². The Morgan fingerprint density at radius 3 is 2.63 bits per heavy atom. The molecule has 1 aromatic heterocycles. The fourth-order valence-electron chi connectivity index (χ4n) is 4.88. The molecular weight excluding hydrogens is 376 g/mol. The first-order valence-corrected chi connectivity index (χ1v) is 11.4. The first kappa shape index (κ1) is 21.1. The second-order valence-corrected chi connectivity index (χ2v) is 8.78. The summed E-state index contributed by atoms with van der Waals surface area (Å²) in [4.78, 5) is 30.8. The van der Waals surface area contributed by atoms with Crippen molar-refractivity contribution in [3.63, 3.8) is 0 Å². The normalized spacial score (nSPS) is 18.6. The molecule has 4 rings (SSSR count). The van der Waals surface area contributed by atoms with Crippen molar-refractivity contribution in [3.05, 3.63) is 46.2 Å². The fourth-order valence-corrected chi connectivity index (χ4v) is 4.88. The highest BCUT2D eigenvalue weighted by atomic mass is 16.2. The Morgan fingerprint density at radius 1 is 1.13 bits per heavy atom. The van der Waals surface area contributed by atoms with Crippen LogP contribution in [0, 0.1) is 5.92 Å². The predicted octanol–water partition coefficient (Wildman–Crippen LogP) is 2.35. The van der Waals surface area contributed by atoms with E-state index in [1.165, 1.54) is 6.42 Å². The van der Waals surface area contributed by atoms with Crippen LogP contribution in [-0.2, 0) is 18.4 Å². The van der Waals surface area contributed by atoms with Gasteiger partial charge >= 0.3 is 0 Å². The fraction of sp³-hybridized carbons (Fsp3) is 0.583. The van der Waals surface area contributed by atoms with E-state index in [9.17, 15) is 9.59 Å². The summed E-state index contributed by atoms with van der Waals surface area (Å²) in [5.41, 5.74) is 1.63. The van der Waals surface area contributed by atoms with Gasteiger partial charge in [0.05, 0.1) is 12.1 Å². The first-order valence-electron chi connectivity index (χ1n) is 11.4. The lowest BCUT2D eigenvalue weighted by Crippen LogP contribution is -2.48. The summed E-state index contributed by atoms with van der Waals surface area (Å²) in [6.07, 6.45) is 5.48. The lowest BCUT2D eigenvalue weighted by atomic mass is 9.88. The van der Waals surface area contributed by atoms with Gasteiger partial charge in [0.15, 0.2) is 0 Å². The number of aryl methyl sites for hydroxylation is 1. The summed E-state index contributed by atoms with van der Waals surface area (Å²) in [5, 5.41) is 4.42. The number of hydrogen-bond acceptors (Lipinski definition) is 4. The smallest absolute Gasteiger partial charge is 0.255 e. The SMILES string of the molecule is Cn1c(=O)c(CN(CCN2CCNCC2)C(=O)C2CCCCC2)cc2ccccc21. The number of aromatic nitrogens is 1. The first-order chi connectivity index (χ1) is 14.6. The van der Waals surface area contributed by atoms with Crippen LogP contribution < -0.4 is 10.9 Å². The molecular formula is C24H34N4O2. The van der Waals surface area contributed by atoms with E-state index < -0.39 is 0 Å². The largest absolute Gasteiger partial charge is 0.337 e. The number of piperazine rings is 1. The van der Waals surface area contributed by atoms with Crippen molar-refractivity contribution in [3.8, 4) is 0 Å². The number of para-hydroxylation sites is 1. The molecule has 2 aromatic rings. The highest BCUT2D eigenvalue weighted by molar-refractivity contribution is 5.81. The monoisotopic (exact) mass is 410 g/mol. The Bertz CT molecular complexity index is 926. The van der Waals surface area contributed by atoms with Gasteiger partial charge in [0.1, 0.15) is 0 Å². The summed E-state index contributed by atoms with van der Waals surface area (Å²) >= 11 is 0. The summed E-state index contributed by atoms with van der Waals surface area (Å²) in [6, 6.07) is 9.92. The summed E-state index contributed by atoms with van der Waals surface area (Å²) in [5.74, 6) is 0.353. The number of carbonyl (C=O) groups excluding carboxylic acids is 1. The Labute approximate surface area is 178 Å². The lowest BCUT2D eigenvalue weighted by molar-refractivity contribution is -0.137. The summed E-state index contributed by atoms with van der Waals surface area (Å²) in [6.45, 7) is 5.99. The molecule has 30 heavy (non-hydrogen) atoms. The zero-order valence-corrected chi connectivity index (χ0v) is 18.1. The van der Waals surface area contributed by atoms with Gasteiger partial charge in [-0.25, -0.2) is 0 Å². The number of pyridine rings is 1. The van der Waals surface area contributed by atoms with Crippen molar-refractivity contribution in [2.24, 2.45) is 13.0 Å². The molecule has 1 saturated heterocycles. The maximum atomic E-state index is 13.4. The Balaban J connectivity index is 1.56. The van der Waals surface area contributed by atoms with Crippen LogP contribution in [-0.4, -0.2) is 59.5 Å². The molecule has 162 valence electrons. The Morgan fingerprint density at radius 2 is 1.87 bits per heavy atom. The van der Waals surface area contributed by atoms with E-state index in [1.54, 1.807) is 4.57 Å². The molecule has 1 saturated carbocycles. The van der Waals surface area contributed by atoms with E-state index in [4.69, 9.17) is 0 Å². The van der Waals surface area contributed by atoms with Crippen molar-refractivity contribution in [2.75, 3.05) is 39.3 Å². The van der Waals surface area contributed by atoms with Gasteiger partial charge in [-0.3, -0.25) is 14.5 Å². The van der Waals surface area contributed by atoms with Gasteiger partial charge in [-0.15, -0.1) is 0 Å². The minimum absolute atomic E-state index is 0.00248. The molecule has 0 spiro atoms. The van der Waals surface area contributed by atoms with Gasteiger partial charge in [0.2, 0.25) is 5.91 Å². The quantitative estimate of drug-likeness (QED) is 0.794. The zero-order valence-electron chi connectivity index (χ0n) is 18.1. The van der Waals surface area contributed by atoms with Gasteiger partial charge in [0, 0.05) is 57.8 Å². The van der Waals surface area contributed by atoms with Crippen LogP contribution in [0.1, 0.15) is 37.7 Å². The Hall–Kier alpha value is -2.18. The third-order valence-electron chi connectivity index (χ3n) is 6.73. The number of rotatable bonds is 6. The minimum Gasteiger partial charge on any atom is -0.337 e. The molecule has 0 radical (unpaired) electrons. The molecule has 6 nitrogen and oxygen atoms in total. The molecule has 0 unspecified atom stereocenters. The maximum absolute atomic E-state index is 13.4. The molecule has 0 atom stereocenters. The predicted molar refractivity (Wildman–Crippen MR) is 120 cm³/mol. The molecule has 1 N–H and O–H groups in total. The average Bonchev–Trinajstić information content (AvgIpc) is 2.80. The number of nitrogens with zero attached hydrogens (tertiary/aromatic N) is 3. The van der Waals surface area contributed by atoms with Crippen LogP contribution in [0.15, 0.2) is 35.1 Å². The number of amides is 1. The number of nitrogens with one attached hydrogen (secondary N) is 1. The van der Waals surface area contributed by atoms with Crippen LogP contribution in [0.3, 0.4) is 0 Å². The maximum Gasteiger partial charge on any atom is 0.255 e. The molecule has 1 aliphatic heterocycles. The van der Waals surface area contributed by atoms with E-state index in [2.05, 4.69) is 10.2 Å².